The van der Waals surface area contributed by atoms with E-state index in [9.17, 15) is 9.90 Å². The molecule has 21 heavy (non-hydrogen) atoms. The van der Waals surface area contributed by atoms with Crippen LogP contribution in [0, 0.1) is 13.8 Å². The zero-order valence-electron chi connectivity index (χ0n) is 11.5. The summed E-state index contributed by atoms with van der Waals surface area (Å²) in [4.78, 5) is 23.3. The summed E-state index contributed by atoms with van der Waals surface area (Å²) in [5, 5.41) is 12.6. The molecule has 106 valence electrons. The van der Waals surface area contributed by atoms with Gasteiger partial charge < -0.3 is 10.1 Å². The Kier molecular flexibility index (Phi) is 3.31. The first-order chi connectivity index (χ1) is 10.0. The summed E-state index contributed by atoms with van der Waals surface area (Å²) in [6.45, 7) is 3.79. The monoisotopic (exact) mass is 299 g/mol. The Morgan fingerprint density at radius 2 is 2.05 bits per heavy atom. The SMILES string of the molecule is Cc1cccc(-c2c(O)nc(-c3nc(C)cs3)[nH]c2=O)c1. The molecule has 2 N–H and O–H groups in total. The van der Waals surface area contributed by atoms with E-state index in [0.29, 0.717) is 10.6 Å². The van der Waals surface area contributed by atoms with Crippen LogP contribution in [0.15, 0.2) is 34.4 Å². The smallest absolute Gasteiger partial charge is 0.263 e. The fourth-order valence-corrected chi connectivity index (χ4v) is 2.83. The number of hydrogen-bond acceptors (Lipinski definition) is 5. The molecule has 0 amide bonds. The Bertz CT molecular complexity index is 867. The van der Waals surface area contributed by atoms with Crippen LogP contribution in [0.3, 0.4) is 0 Å². The molecule has 6 heteroatoms. The maximum Gasteiger partial charge on any atom is 0.263 e. The number of aromatic nitrogens is 3. The average molecular weight is 299 g/mol. The molecule has 0 saturated heterocycles. The topological polar surface area (TPSA) is 78.9 Å². The average Bonchev–Trinajstić information content (AvgIpc) is 2.85. The van der Waals surface area contributed by atoms with E-state index in [2.05, 4.69) is 15.0 Å². The maximum atomic E-state index is 12.3. The van der Waals surface area contributed by atoms with Crippen molar-refractivity contribution in [3.8, 4) is 27.8 Å². The summed E-state index contributed by atoms with van der Waals surface area (Å²) < 4.78 is 0. The van der Waals surface area contributed by atoms with Crippen molar-refractivity contribution in [1.82, 2.24) is 15.0 Å². The van der Waals surface area contributed by atoms with Gasteiger partial charge in [-0.05, 0) is 19.4 Å². The molecular formula is C15H13N3O2S. The summed E-state index contributed by atoms with van der Waals surface area (Å²) in [6, 6.07) is 7.36. The zero-order valence-corrected chi connectivity index (χ0v) is 12.4. The summed E-state index contributed by atoms with van der Waals surface area (Å²) >= 11 is 1.37. The molecule has 0 radical (unpaired) electrons. The second-order valence-electron chi connectivity index (χ2n) is 4.78. The minimum atomic E-state index is -0.379. The molecular weight excluding hydrogens is 286 g/mol. The van der Waals surface area contributed by atoms with Gasteiger partial charge in [0.25, 0.3) is 5.56 Å². The van der Waals surface area contributed by atoms with Crippen LogP contribution in [0.2, 0.25) is 0 Å². The third-order valence-corrected chi connectivity index (χ3v) is 4.00. The van der Waals surface area contributed by atoms with Crippen molar-refractivity contribution in [2.45, 2.75) is 13.8 Å². The van der Waals surface area contributed by atoms with Gasteiger partial charge in [-0.25, -0.2) is 4.98 Å². The molecule has 0 bridgehead atoms. The molecule has 3 aromatic rings. The number of aryl methyl sites for hydroxylation is 2. The van der Waals surface area contributed by atoms with Gasteiger partial charge in [-0.3, -0.25) is 4.79 Å². The minimum absolute atomic E-state index is 0.177. The van der Waals surface area contributed by atoms with Gasteiger partial charge in [0.05, 0.1) is 0 Å². The van der Waals surface area contributed by atoms with Crippen molar-refractivity contribution in [3.63, 3.8) is 0 Å². The summed E-state index contributed by atoms with van der Waals surface area (Å²) in [5.74, 6) is -0.000735. The molecule has 0 fully saturated rings. The first-order valence-corrected chi connectivity index (χ1v) is 7.25. The third kappa shape index (κ3) is 2.57. The Balaban J connectivity index is 2.15. The lowest BCUT2D eigenvalue weighted by Gasteiger charge is -2.05. The number of aromatic hydroxyl groups is 1. The largest absolute Gasteiger partial charge is 0.493 e. The number of H-pyrrole nitrogens is 1. The second kappa shape index (κ2) is 5.14. The van der Waals surface area contributed by atoms with E-state index in [1.165, 1.54) is 11.3 Å². The quantitative estimate of drug-likeness (QED) is 0.762. The van der Waals surface area contributed by atoms with E-state index in [1.54, 1.807) is 6.07 Å². The number of hydrogen-bond donors (Lipinski definition) is 2. The number of aromatic amines is 1. The molecule has 0 saturated carbocycles. The first kappa shape index (κ1) is 13.5. The van der Waals surface area contributed by atoms with E-state index in [0.717, 1.165) is 11.3 Å². The lowest BCUT2D eigenvalue weighted by molar-refractivity contribution is 0.454. The Hall–Kier alpha value is -2.47. The number of nitrogens with zero attached hydrogens (tertiary/aromatic N) is 2. The molecule has 0 aliphatic heterocycles. The van der Waals surface area contributed by atoms with Crippen LogP contribution in [0.4, 0.5) is 0 Å². The molecule has 0 unspecified atom stereocenters. The van der Waals surface area contributed by atoms with E-state index < -0.39 is 0 Å². The molecule has 1 aromatic carbocycles. The number of nitrogens with one attached hydrogen (secondary N) is 1. The predicted molar refractivity (Wildman–Crippen MR) is 82.5 cm³/mol. The van der Waals surface area contributed by atoms with E-state index in [4.69, 9.17) is 0 Å². The normalized spacial score (nSPS) is 10.8. The minimum Gasteiger partial charge on any atom is -0.493 e. The van der Waals surface area contributed by atoms with Crippen LogP contribution in [0.5, 0.6) is 5.88 Å². The van der Waals surface area contributed by atoms with Crippen LogP contribution in [-0.2, 0) is 0 Å². The molecule has 5 nitrogen and oxygen atoms in total. The highest BCUT2D eigenvalue weighted by atomic mass is 32.1. The lowest BCUT2D eigenvalue weighted by Crippen LogP contribution is -2.12. The van der Waals surface area contributed by atoms with Crippen LogP contribution in [-0.4, -0.2) is 20.1 Å². The van der Waals surface area contributed by atoms with Crippen molar-refractivity contribution in [1.29, 1.82) is 0 Å². The summed E-state index contributed by atoms with van der Waals surface area (Å²) in [7, 11) is 0. The Labute approximate surface area is 125 Å². The molecule has 0 spiro atoms. The van der Waals surface area contributed by atoms with Crippen molar-refractivity contribution >= 4 is 11.3 Å². The number of thiazole rings is 1. The molecule has 0 aliphatic rings. The highest BCUT2D eigenvalue weighted by molar-refractivity contribution is 7.13. The lowest BCUT2D eigenvalue weighted by atomic mass is 10.1. The zero-order chi connectivity index (χ0) is 15.0. The first-order valence-electron chi connectivity index (χ1n) is 6.37. The van der Waals surface area contributed by atoms with E-state index >= 15 is 0 Å². The van der Waals surface area contributed by atoms with Gasteiger partial charge in [-0.2, -0.15) is 4.98 Å². The molecule has 2 heterocycles. The third-order valence-electron chi connectivity index (χ3n) is 3.03. The predicted octanol–water partition coefficient (Wildman–Crippen LogP) is 2.88. The van der Waals surface area contributed by atoms with Crippen molar-refractivity contribution < 1.29 is 5.11 Å². The number of rotatable bonds is 2. The number of benzene rings is 1. The van der Waals surface area contributed by atoms with Crippen molar-refractivity contribution in [2.75, 3.05) is 0 Å². The standard InChI is InChI=1S/C15H13N3O2S/c1-8-4-3-5-10(6-8)11-13(19)17-12(18-14(11)20)15-16-9(2)7-21-15/h3-7H,1-2H3,(H2,17,18,19,20). The van der Waals surface area contributed by atoms with E-state index in [-0.39, 0.29) is 22.8 Å². The fraction of sp³-hybridized carbons (Fsp3) is 0.133. The highest BCUT2D eigenvalue weighted by Crippen LogP contribution is 2.27. The van der Waals surface area contributed by atoms with Gasteiger partial charge in [0.1, 0.15) is 5.56 Å². The van der Waals surface area contributed by atoms with Crippen LogP contribution >= 0.6 is 11.3 Å². The molecule has 0 aliphatic carbocycles. The van der Waals surface area contributed by atoms with Crippen LogP contribution < -0.4 is 5.56 Å². The van der Waals surface area contributed by atoms with Gasteiger partial charge in [0, 0.05) is 11.1 Å². The van der Waals surface area contributed by atoms with Crippen LogP contribution in [0.1, 0.15) is 11.3 Å². The Morgan fingerprint density at radius 3 is 2.67 bits per heavy atom. The second-order valence-corrected chi connectivity index (χ2v) is 5.63. The maximum absolute atomic E-state index is 12.3. The van der Waals surface area contributed by atoms with Crippen molar-refractivity contribution in [3.05, 3.63) is 51.3 Å². The fourth-order valence-electron chi connectivity index (χ4n) is 2.09. The van der Waals surface area contributed by atoms with Gasteiger partial charge in [-0.1, -0.05) is 29.8 Å². The molecule has 0 atom stereocenters. The summed E-state index contributed by atoms with van der Waals surface area (Å²) in [6.07, 6.45) is 0. The van der Waals surface area contributed by atoms with E-state index in [1.807, 2.05) is 37.4 Å². The molecule has 3 rings (SSSR count). The molecule has 2 aromatic heterocycles. The van der Waals surface area contributed by atoms with Gasteiger partial charge in [0.2, 0.25) is 5.88 Å². The van der Waals surface area contributed by atoms with Gasteiger partial charge in [0.15, 0.2) is 10.8 Å². The summed E-state index contributed by atoms with van der Waals surface area (Å²) in [5.41, 5.74) is 2.29. The van der Waals surface area contributed by atoms with Gasteiger partial charge >= 0.3 is 0 Å². The highest BCUT2D eigenvalue weighted by Gasteiger charge is 2.15. The van der Waals surface area contributed by atoms with Crippen LogP contribution in [0.25, 0.3) is 22.0 Å². The Morgan fingerprint density at radius 1 is 1.24 bits per heavy atom. The van der Waals surface area contributed by atoms with Gasteiger partial charge in [-0.15, -0.1) is 11.3 Å². The van der Waals surface area contributed by atoms with Crippen molar-refractivity contribution in [2.24, 2.45) is 0 Å².